The summed E-state index contributed by atoms with van der Waals surface area (Å²) in [7, 11) is 0. The first-order chi connectivity index (χ1) is 12.1. The van der Waals surface area contributed by atoms with E-state index in [1.54, 1.807) is 4.90 Å². The number of rotatable bonds is 3. The molecule has 7 heteroatoms. The van der Waals surface area contributed by atoms with Gasteiger partial charge in [-0.1, -0.05) is 12.1 Å². The smallest absolute Gasteiger partial charge is 0.265 e. The molecule has 0 aliphatic carbocycles. The predicted molar refractivity (Wildman–Crippen MR) is 90.2 cm³/mol. The molecule has 1 N–H and O–H groups in total. The van der Waals surface area contributed by atoms with Gasteiger partial charge < -0.3 is 19.9 Å². The number of hydrogen-bond acceptors (Lipinski definition) is 4. The third-order valence-corrected chi connectivity index (χ3v) is 5.22. The van der Waals surface area contributed by atoms with Crippen LogP contribution < -0.4 is 15.0 Å². The fourth-order valence-electron chi connectivity index (χ4n) is 4.02. The molecule has 4 rings (SSSR count). The summed E-state index contributed by atoms with van der Waals surface area (Å²) >= 11 is 0. The molecule has 0 spiro atoms. The van der Waals surface area contributed by atoms with Crippen molar-refractivity contribution in [1.82, 2.24) is 10.2 Å². The molecule has 2 fully saturated rings. The van der Waals surface area contributed by atoms with Gasteiger partial charge in [0.25, 0.3) is 5.91 Å². The number of benzene rings is 1. The van der Waals surface area contributed by atoms with Gasteiger partial charge in [-0.25, -0.2) is 0 Å². The maximum Gasteiger partial charge on any atom is 0.265 e. The number of fused-ring (bicyclic) bond motifs is 3. The van der Waals surface area contributed by atoms with E-state index >= 15 is 0 Å². The highest BCUT2D eigenvalue weighted by atomic mass is 16.5. The molecule has 2 saturated heterocycles. The Morgan fingerprint density at radius 1 is 1.20 bits per heavy atom. The van der Waals surface area contributed by atoms with Gasteiger partial charge in [0.1, 0.15) is 5.75 Å². The molecule has 0 saturated carbocycles. The number of para-hydroxylation sites is 2. The van der Waals surface area contributed by atoms with Gasteiger partial charge in [0, 0.05) is 38.0 Å². The van der Waals surface area contributed by atoms with E-state index in [0.717, 1.165) is 12.8 Å². The minimum Gasteiger partial charge on any atom is -0.482 e. The van der Waals surface area contributed by atoms with Crippen LogP contribution in [0.3, 0.4) is 0 Å². The topological polar surface area (TPSA) is 79.0 Å². The molecule has 0 aromatic heterocycles. The fraction of sp³-hybridized carbons (Fsp3) is 0.500. The average Bonchev–Trinajstić information content (AvgIpc) is 2.92. The zero-order chi connectivity index (χ0) is 17.4. The maximum absolute atomic E-state index is 12.8. The largest absolute Gasteiger partial charge is 0.482 e. The van der Waals surface area contributed by atoms with Gasteiger partial charge in [0.15, 0.2) is 6.61 Å². The van der Waals surface area contributed by atoms with Gasteiger partial charge in [-0.15, -0.1) is 0 Å². The third-order valence-electron chi connectivity index (χ3n) is 5.22. The normalized spacial score (nSPS) is 25.1. The van der Waals surface area contributed by atoms with Gasteiger partial charge >= 0.3 is 0 Å². The van der Waals surface area contributed by atoms with Crippen LogP contribution in [0.5, 0.6) is 5.75 Å². The Hall–Kier alpha value is -2.57. The summed E-state index contributed by atoms with van der Waals surface area (Å²) in [4.78, 5) is 40.2. The average molecular weight is 343 g/mol. The third kappa shape index (κ3) is 2.94. The zero-order valence-corrected chi connectivity index (χ0v) is 13.9. The molecule has 25 heavy (non-hydrogen) atoms. The van der Waals surface area contributed by atoms with E-state index in [1.165, 1.54) is 0 Å². The van der Waals surface area contributed by atoms with Crippen LogP contribution in [-0.2, 0) is 14.4 Å². The summed E-state index contributed by atoms with van der Waals surface area (Å²) in [6, 6.07) is 7.43. The highest BCUT2D eigenvalue weighted by Gasteiger charge is 2.40. The van der Waals surface area contributed by atoms with Gasteiger partial charge in [-0.05, 0) is 25.0 Å². The van der Waals surface area contributed by atoms with Gasteiger partial charge in [-0.3, -0.25) is 14.4 Å². The van der Waals surface area contributed by atoms with Gasteiger partial charge in [0.05, 0.1) is 5.69 Å². The Morgan fingerprint density at radius 3 is 2.88 bits per heavy atom. The van der Waals surface area contributed by atoms with Crippen molar-refractivity contribution < 1.29 is 19.1 Å². The molecule has 7 nitrogen and oxygen atoms in total. The van der Waals surface area contributed by atoms with Crippen molar-refractivity contribution in [2.24, 2.45) is 0 Å². The summed E-state index contributed by atoms with van der Waals surface area (Å²) in [6.07, 6.45) is 2.43. The van der Waals surface area contributed by atoms with Crippen molar-refractivity contribution in [3.05, 3.63) is 24.3 Å². The van der Waals surface area contributed by atoms with Crippen LogP contribution in [0, 0.1) is 0 Å². The van der Waals surface area contributed by atoms with Crippen molar-refractivity contribution in [2.75, 3.05) is 24.6 Å². The van der Waals surface area contributed by atoms with E-state index in [4.69, 9.17) is 4.74 Å². The molecule has 3 amide bonds. The quantitative estimate of drug-likeness (QED) is 0.875. The fourth-order valence-corrected chi connectivity index (χ4v) is 4.02. The van der Waals surface area contributed by atoms with Gasteiger partial charge in [-0.2, -0.15) is 0 Å². The van der Waals surface area contributed by atoms with E-state index in [9.17, 15) is 14.4 Å². The lowest BCUT2D eigenvalue weighted by Gasteiger charge is -2.31. The first-order valence-electron chi connectivity index (χ1n) is 8.73. The van der Waals surface area contributed by atoms with Crippen molar-refractivity contribution in [1.29, 1.82) is 0 Å². The number of nitrogens with one attached hydrogen (secondary N) is 1. The molecule has 3 aliphatic rings. The Bertz CT molecular complexity index is 720. The summed E-state index contributed by atoms with van der Waals surface area (Å²) in [6.45, 7) is 0.855. The minimum absolute atomic E-state index is 0.00140. The van der Waals surface area contributed by atoms with Crippen molar-refractivity contribution in [2.45, 2.75) is 37.8 Å². The predicted octanol–water partition coefficient (Wildman–Crippen LogP) is 0.682. The maximum atomic E-state index is 12.8. The second-order valence-electron chi connectivity index (χ2n) is 6.75. The number of hydrogen-bond donors (Lipinski definition) is 1. The number of ether oxygens (including phenoxy) is 1. The molecule has 0 radical (unpaired) electrons. The van der Waals surface area contributed by atoms with Crippen LogP contribution >= 0.6 is 0 Å². The second-order valence-corrected chi connectivity index (χ2v) is 6.75. The highest BCUT2D eigenvalue weighted by molar-refractivity contribution is 5.98. The lowest BCUT2D eigenvalue weighted by atomic mass is 10.1. The molecule has 2 atom stereocenters. The molecule has 1 aromatic rings. The highest BCUT2D eigenvalue weighted by Crippen LogP contribution is 2.32. The second kappa shape index (κ2) is 6.38. The number of nitrogens with zero attached hydrogens (tertiary/aromatic N) is 2. The number of anilines is 1. The van der Waals surface area contributed by atoms with E-state index in [-0.39, 0.29) is 42.8 Å². The van der Waals surface area contributed by atoms with Crippen LogP contribution in [0.25, 0.3) is 0 Å². The van der Waals surface area contributed by atoms with Crippen molar-refractivity contribution in [3.63, 3.8) is 0 Å². The monoisotopic (exact) mass is 343 g/mol. The Kier molecular flexibility index (Phi) is 4.07. The van der Waals surface area contributed by atoms with Crippen molar-refractivity contribution in [3.8, 4) is 5.75 Å². The van der Waals surface area contributed by atoms with E-state index in [1.807, 2.05) is 29.2 Å². The Labute approximate surface area is 145 Å². The summed E-state index contributed by atoms with van der Waals surface area (Å²) in [5.74, 6) is 0.560. The first-order valence-corrected chi connectivity index (χ1v) is 8.73. The van der Waals surface area contributed by atoms with Crippen molar-refractivity contribution >= 4 is 23.4 Å². The number of carbonyl (C=O) groups is 3. The molecular formula is C18H21N3O4. The first kappa shape index (κ1) is 15.9. The van der Waals surface area contributed by atoms with E-state index in [0.29, 0.717) is 30.9 Å². The molecule has 3 heterocycles. The zero-order valence-electron chi connectivity index (χ0n) is 13.9. The minimum atomic E-state index is -0.137. The lowest BCUT2D eigenvalue weighted by molar-refractivity contribution is -0.133. The van der Waals surface area contributed by atoms with Crippen LogP contribution in [0.2, 0.25) is 0 Å². The Morgan fingerprint density at radius 2 is 2.00 bits per heavy atom. The van der Waals surface area contributed by atoms with Crippen LogP contribution in [0.4, 0.5) is 5.69 Å². The number of carbonyl (C=O) groups excluding carboxylic acids is 3. The Balaban J connectivity index is 1.45. The molecule has 3 aliphatic heterocycles. The molecular weight excluding hydrogens is 322 g/mol. The molecule has 1 aromatic carbocycles. The van der Waals surface area contributed by atoms with Crippen LogP contribution in [0.15, 0.2) is 24.3 Å². The summed E-state index contributed by atoms with van der Waals surface area (Å²) in [5, 5.41) is 2.87. The lowest BCUT2D eigenvalue weighted by Crippen LogP contribution is -2.45. The molecule has 132 valence electrons. The van der Waals surface area contributed by atoms with E-state index < -0.39 is 0 Å². The van der Waals surface area contributed by atoms with Crippen LogP contribution in [0.1, 0.15) is 25.7 Å². The summed E-state index contributed by atoms with van der Waals surface area (Å²) < 4.78 is 5.43. The molecule has 0 unspecified atom stereocenters. The SMILES string of the molecule is O=C1C[C@H]2CC[C@@H](CN1)N2C(=O)CCN1C(=O)COc2ccccc21. The van der Waals surface area contributed by atoms with E-state index in [2.05, 4.69) is 5.32 Å². The standard InChI is InChI=1S/C18H21N3O4/c22-16-9-12-5-6-13(10-19-16)21(12)17(23)7-8-20-14-3-1-2-4-15(14)25-11-18(20)24/h1-4,12-13H,5-11H2,(H,19,22)/t12-,13+/m1/s1. The molecule has 2 bridgehead atoms. The number of amides is 3. The summed E-state index contributed by atoms with van der Waals surface area (Å²) in [5.41, 5.74) is 0.710. The van der Waals surface area contributed by atoms with Crippen LogP contribution in [-0.4, -0.2) is 54.4 Å². The van der Waals surface area contributed by atoms with Gasteiger partial charge in [0.2, 0.25) is 11.8 Å².